The van der Waals surface area contributed by atoms with E-state index >= 15 is 0 Å². The van der Waals surface area contributed by atoms with Crippen LogP contribution < -0.4 is 0 Å². The highest BCUT2D eigenvalue weighted by molar-refractivity contribution is 5.34. The van der Waals surface area contributed by atoms with Crippen molar-refractivity contribution < 1.29 is 4.39 Å². The van der Waals surface area contributed by atoms with E-state index in [-0.39, 0.29) is 5.82 Å². The first-order chi connectivity index (χ1) is 6.22. The standard InChI is InChI=1S/C12H13F/c1-3-10(2)7-8-11-5-4-6-12(13)9-11/h4-6,9-10H,3H2,1-2H3. The molecule has 1 unspecified atom stereocenters. The van der Waals surface area contributed by atoms with Crippen LogP contribution in [-0.2, 0) is 0 Å². The van der Waals surface area contributed by atoms with Gasteiger partial charge in [0, 0.05) is 11.5 Å². The molecule has 0 aliphatic carbocycles. The van der Waals surface area contributed by atoms with Gasteiger partial charge in [0.1, 0.15) is 5.82 Å². The average Bonchev–Trinajstić information content (AvgIpc) is 2.14. The molecule has 0 amide bonds. The van der Waals surface area contributed by atoms with Crippen molar-refractivity contribution >= 4 is 0 Å². The van der Waals surface area contributed by atoms with E-state index in [0.717, 1.165) is 12.0 Å². The van der Waals surface area contributed by atoms with E-state index in [0.29, 0.717) is 5.92 Å². The first-order valence-electron chi connectivity index (χ1n) is 4.49. The highest BCUT2D eigenvalue weighted by Gasteiger charge is 1.92. The molecule has 1 rings (SSSR count). The summed E-state index contributed by atoms with van der Waals surface area (Å²) in [4.78, 5) is 0. The van der Waals surface area contributed by atoms with Crippen LogP contribution in [0, 0.1) is 23.6 Å². The lowest BCUT2D eigenvalue weighted by Crippen LogP contribution is -1.85. The molecule has 0 nitrogen and oxygen atoms in total. The fraction of sp³-hybridized carbons (Fsp3) is 0.333. The lowest BCUT2D eigenvalue weighted by atomic mass is 10.1. The van der Waals surface area contributed by atoms with Crippen molar-refractivity contribution in [2.75, 3.05) is 0 Å². The van der Waals surface area contributed by atoms with E-state index in [2.05, 4.69) is 25.7 Å². The highest BCUT2D eigenvalue weighted by Crippen LogP contribution is 2.03. The molecule has 0 aromatic heterocycles. The zero-order valence-corrected chi connectivity index (χ0v) is 7.97. The van der Waals surface area contributed by atoms with Crippen LogP contribution in [0.2, 0.25) is 0 Å². The maximum atomic E-state index is 12.7. The lowest BCUT2D eigenvalue weighted by Gasteiger charge is -1.95. The lowest BCUT2D eigenvalue weighted by molar-refractivity contribution is 0.627. The van der Waals surface area contributed by atoms with Crippen molar-refractivity contribution in [1.29, 1.82) is 0 Å². The summed E-state index contributed by atoms with van der Waals surface area (Å²) < 4.78 is 12.7. The minimum atomic E-state index is -0.226. The Bertz CT molecular complexity index is 330. The molecule has 0 aliphatic rings. The molecule has 13 heavy (non-hydrogen) atoms. The van der Waals surface area contributed by atoms with Crippen LogP contribution in [0.25, 0.3) is 0 Å². The Morgan fingerprint density at radius 2 is 2.23 bits per heavy atom. The SMILES string of the molecule is CCC(C)C#Cc1cccc(F)c1. The fourth-order valence-electron chi connectivity index (χ4n) is 0.875. The van der Waals surface area contributed by atoms with Gasteiger partial charge in [0.05, 0.1) is 0 Å². The second-order valence-electron chi connectivity index (χ2n) is 3.09. The second kappa shape index (κ2) is 4.67. The third-order valence-corrected chi connectivity index (χ3v) is 1.90. The predicted molar refractivity (Wildman–Crippen MR) is 52.7 cm³/mol. The van der Waals surface area contributed by atoms with Gasteiger partial charge in [-0.3, -0.25) is 0 Å². The third kappa shape index (κ3) is 3.29. The normalized spacial score (nSPS) is 11.6. The molecule has 0 fully saturated rings. The summed E-state index contributed by atoms with van der Waals surface area (Å²) in [5, 5.41) is 0. The molecule has 0 heterocycles. The quantitative estimate of drug-likeness (QED) is 0.576. The Hall–Kier alpha value is -1.29. The van der Waals surface area contributed by atoms with Gasteiger partial charge in [-0.05, 0) is 24.6 Å². The van der Waals surface area contributed by atoms with Crippen LogP contribution >= 0.6 is 0 Å². The van der Waals surface area contributed by atoms with E-state index in [9.17, 15) is 4.39 Å². The molecule has 0 spiro atoms. The molecule has 1 aromatic carbocycles. The number of hydrogen-bond acceptors (Lipinski definition) is 0. The van der Waals surface area contributed by atoms with Crippen LogP contribution in [0.5, 0.6) is 0 Å². The van der Waals surface area contributed by atoms with Gasteiger partial charge in [0.25, 0.3) is 0 Å². The second-order valence-corrected chi connectivity index (χ2v) is 3.09. The Labute approximate surface area is 78.8 Å². The van der Waals surface area contributed by atoms with E-state index in [4.69, 9.17) is 0 Å². The third-order valence-electron chi connectivity index (χ3n) is 1.90. The van der Waals surface area contributed by atoms with Crippen molar-refractivity contribution in [3.05, 3.63) is 35.6 Å². The van der Waals surface area contributed by atoms with Gasteiger partial charge in [-0.2, -0.15) is 0 Å². The predicted octanol–water partition coefficient (Wildman–Crippen LogP) is 3.22. The number of benzene rings is 1. The molecule has 0 bridgehead atoms. The molecule has 0 aliphatic heterocycles. The first-order valence-corrected chi connectivity index (χ1v) is 4.49. The van der Waals surface area contributed by atoms with E-state index in [1.165, 1.54) is 12.1 Å². The maximum absolute atomic E-state index is 12.7. The molecular weight excluding hydrogens is 163 g/mol. The molecule has 1 heteroatoms. The zero-order chi connectivity index (χ0) is 9.68. The van der Waals surface area contributed by atoms with Gasteiger partial charge in [-0.1, -0.05) is 31.8 Å². The molecule has 0 saturated heterocycles. The van der Waals surface area contributed by atoms with E-state index in [1.54, 1.807) is 6.07 Å². The minimum absolute atomic E-state index is 0.226. The largest absolute Gasteiger partial charge is 0.207 e. The monoisotopic (exact) mass is 176 g/mol. The molecule has 1 atom stereocenters. The van der Waals surface area contributed by atoms with Gasteiger partial charge in [-0.25, -0.2) is 4.39 Å². The Morgan fingerprint density at radius 3 is 2.85 bits per heavy atom. The maximum Gasteiger partial charge on any atom is 0.124 e. The van der Waals surface area contributed by atoms with Crippen molar-refractivity contribution in [3.63, 3.8) is 0 Å². The van der Waals surface area contributed by atoms with Crippen LogP contribution in [0.4, 0.5) is 4.39 Å². The Morgan fingerprint density at radius 1 is 1.46 bits per heavy atom. The van der Waals surface area contributed by atoms with Crippen molar-refractivity contribution in [3.8, 4) is 11.8 Å². The van der Waals surface area contributed by atoms with Gasteiger partial charge >= 0.3 is 0 Å². The summed E-state index contributed by atoms with van der Waals surface area (Å²) >= 11 is 0. The molecule has 0 radical (unpaired) electrons. The van der Waals surface area contributed by atoms with E-state index < -0.39 is 0 Å². The number of hydrogen-bond donors (Lipinski definition) is 0. The smallest absolute Gasteiger partial charge is 0.124 e. The Balaban J connectivity index is 2.77. The topological polar surface area (TPSA) is 0 Å². The number of halogens is 1. The van der Waals surface area contributed by atoms with Gasteiger partial charge < -0.3 is 0 Å². The molecule has 1 aromatic rings. The van der Waals surface area contributed by atoms with Crippen LogP contribution in [-0.4, -0.2) is 0 Å². The summed E-state index contributed by atoms with van der Waals surface area (Å²) in [5.74, 6) is 6.16. The van der Waals surface area contributed by atoms with Crippen molar-refractivity contribution in [1.82, 2.24) is 0 Å². The van der Waals surface area contributed by atoms with Gasteiger partial charge in [0.15, 0.2) is 0 Å². The van der Waals surface area contributed by atoms with E-state index in [1.807, 2.05) is 6.07 Å². The summed E-state index contributed by atoms with van der Waals surface area (Å²) in [6.45, 7) is 4.15. The average molecular weight is 176 g/mol. The summed E-state index contributed by atoms with van der Waals surface area (Å²) in [7, 11) is 0. The molecule has 0 saturated carbocycles. The van der Waals surface area contributed by atoms with Crippen molar-refractivity contribution in [2.45, 2.75) is 20.3 Å². The van der Waals surface area contributed by atoms with Crippen LogP contribution in [0.1, 0.15) is 25.8 Å². The van der Waals surface area contributed by atoms with Gasteiger partial charge in [-0.15, -0.1) is 0 Å². The summed E-state index contributed by atoms with van der Waals surface area (Å²) in [6.07, 6.45) is 1.03. The van der Waals surface area contributed by atoms with Crippen LogP contribution in [0.15, 0.2) is 24.3 Å². The fourth-order valence-corrected chi connectivity index (χ4v) is 0.875. The molecule has 68 valence electrons. The zero-order valence-electron chi connectivity index (χ0n) is 7.97. The van der Waals surface area contributed by atoms with Crippen LogP contribution in [0.3, 0.4) is 0 Å². The molecule has 0 N–H and O–H groups in total. The van der Waals surface area contributed by atoms with Crippen molar-refractivity contribution in [2.24, 2.45) is 5.92 Å². The molecular formula is C12H13F. The summed E-state index contributed by atoms with van der Waals surface area (Å²) in [6, 6.07) is 6.37. The minimum Gasteiger partial charge on any atom is -0.207 e. The summed E-state index contributed by atoms with van der Waals surface area (Å²) in [5.41, 5.74) is 0.750. The number of rotatable bonds is 1. The highest BCUT2D eigenvalue weighted by atomic mass is 19.1. The first kappa shape index (κ1) is 9.80. The Kier molecular flexibility index (Phi) is 3.52. The van der Waals surface area contributed by atoms with Gasteiger partial charge in [0.2, 0.25) is 0 Å².